The predicted molar refractivity (Wildman–Crippen MR) is 79.6 cm³/mol. The maximum atomic E-state index is 13.0. The van der Waals surface area contributed by atoms with E-state index in [-0.39, 0.29) is 0 Å². The van der Waals surface area contributed by atoms with Gasteiger partial charge in [-0.05, 0) is 30.7 Å². The molecule has 1 aliphatic rings. The molecule has 102 valence electrons. The molecule has 4 rings (SSSR count). The summed E-state index contributed by atoms with van der Waals surface area (Å²) >= 11 is 6.46. The van der Waals surface area contributed by atoms with Gasteiger partial charge < -0.3 is 4.90 Å². The van der Waals surface area contributed by atoms with Crippen molar-refractivity contribution in [1.82, 2.24) is 9.38 Å². The lowest BCUT2D eigenvalue weighted by atomic mass is 10.1. The molecule has 0 spiro atoms. The molecule has 3 nitrogen and oxygen atoms in total. The lowest BCUT2D eigenvalue weighted by molar-refractivity contribution is 0.275. The molecule has 0 saturated carbocycles. The Hall–Kier alpha value is -1.81. The smallest absolute Gasteiger partial charge is 0.158 e. The molecule has 0 aliphatic carbocycles. The third-order valence-electron chi connectivity index (χ3n) is 3.83. The van der Waals surface area contributed by atoms with Crippen LogP contribution in [-0.4, -0.2) is 28.6 Å². The Bertz CT molecular complexity index is 821. The molecule has 0 amide bonds. The number of halogens is 2. The Morgan fingerprint density at radius 1 is 1.30 bits per heavy atom. The largest absolute Gasteiger partial charge is 0.364 e. The van der Waals surface area contributed by atoms with Gasteiger partial charge in [-0.2, -0.15) is 0 Å². The molecular weight excluding hydrogens is 277 g/mol. The van der Waals surface area contributed by atoms with Crippen LogP contribution in [0.25, 0.3) is 16.7 Å². The van der Waals surface area contributed by atoms with Crippen LogP contribution in [0.3, 0.4) is 0 Å². The fourth-order valence-corrected chi connectivity index (χ4v) is 3.02. The number of rotatable bonds is 1. The summed E-state index contributed by atoms with van der Waals surface area (Å²) in [5.41, 5.74) is 4.73. The molecule has 20 heavy (non-hydrogen) atoms. The Balaban J connectivity index is 1.95. The van der Waals surface area contributed by atoms with E-state index in [1.807, 2.05) is 33.7 Å². The summed E-state index contributed by atoms with van der Waals surface area (Å²) in [5, 5.41) is 0.591. The number of nitrogens with zero attached hydrogens (tertiary/aromatic N) is 3. The van der Waals surface area contributed by atoms with Crippen molar-refractivity contribution in [3.63, 3.8) is 0 Å². The minimum absolute atomic E-state index is 0.412. The zero-order valence-corrected chi connectivity index (χ0v) is 11.7. The van der Waals surface area contributed by atoms with Crippen molar-refractivity contribution in [2.45, 2.75) is 13.1 Å². The van der Waals surface area contributed by atoms with Gasteiger partial charge in [0.2, 0.25) is 0 Å². The Kier molecular flexibility index (Phi) is 2.45. The highest BCUT2D eigenvalue weighted by Crippen LogP contribution is 2.34. The van der Waals surface area contributed by atoms with Crippen LogP contribution in [0.15, 0.2) is 30.5 Å². The van der Waals surface area contributed by atoms with E-state index in [1.165, 1.54) is 5.56 Å². The molecule has 1 aromatic carbocycles. The van der Waals surface area contributed by atoms with Gasteiger partial charge in [0.25, 0.3) is 0 Å². The summed E-state index contributed by atoms with van der Waals surface area (Å²) < 4.78 is 15.0. The Morgan fingerprint density at radius 3 is 2.85 bits per heavy atom. The van der Waals surface area contributed by atoms with E-state index in [0.717, 1.165) is 22.4 Å². The van der Waals surface area contributed by atoms with Crippen molar-refractivity contribution in [3.8, 4) is 0 Å². The van der Waals surface area contributed by atoms with E-state index < -0.39 is 6.17 Å². The Labute approximate surface area is 120 Å². The third-order valence-corrected chi connectivity index (χ3v) is 4.19. The van der Waals surface area contributed by atoms with Crippen molar-refractivity contribution in [2.75, 3.05) is 18.0 Å². The van der Waals surface area contributed by atoms with Crippen molar-refractivity contribution in [2.24, 2.45) is 0 Å². The number of aromatic nitrogens is 2. The molecule has 0 unspecified atom stereocenters. The van der Waals surface area contributed by atoms with Gasteiger partial charge in [0.1, 0.15) is 11.2 Å². The second-order valence-corrected chi connectivity index (χ2v) is 5.69. The highest BCUT2D eigenvalue weighted by Gasteiger charge is 2.28. The number of hydrogen-bond donors (Lipinski definition) is 0. The molecule has 1 aliphatic heterocycles. The first-order valence-corrected chi connectivity index (χ1v) is 6.97. The van der Waals surface area contributed by atoms with Gasteiger partial charge in [-0.15, -0.1) is 0 Å². The highest BCUT2D eigenvalue weighted by molar-refractivity contribution is 6.36. The summed E-state index contributed by atoms with van der Waals surface area (Å²) in [6, 6.07) is 8.05. The number of aryl methyl sites for hydroxylation is 1. The van der Waals surface area contributed by atoms with Gasteiger partial charge in [-0.25, -0.2) is 9.37 Å². The average Bonchev–Trinajstić information content (AvgIpc) is 2.75. The standard InChI is InChI=1S/C15H13ClFN3/c1-9-2-3-11-13(6-9)20-5-4-12(14(16)15(20)18-11)19-7-10(17)8-19/h2-6,10H,7-8H2,1H3. The molecule has 0 bridgehead atoms. The number of alkyl halides is 1. The minimum atomic E-state index is -0.747. The maximum Gasteiger partial charge on any atom is 0.158 e. The van der Waals surface area contributed by atoms with Gasteiger partial charge in [-0.1, -0.05) is 17.7 Å². The maximum absolute atomic E-state index is 13.0. The number of fused-ring (bicyclic) bond motifs is 3. The zero-order chi connectivity index (χ0) is 13.9. The quantitative estimate of drug-likeness (QED) is 0.682. The first-order chi connectivity index (χ1) is 9.63. The molecule has 0 N–H and O–H groups in total. The lowest BCUT2D eigenvalue weighted by Crippen LogP contribution is -2.48. The van der Waals surface area contributed by atoms with E-state index in [1.54, 1.807) is 0 Å². The molecule has 5 heteroatoms. The van der Waals surface area contributed by atoms with Crippen molar-refractivity contribution in [3.05, 3.63) is 41.0 Å². The van der Waals surface area contributed by atoms with E-state index in [0.29, 0.717) is 18.1 Å². The van der Waals surface area contributed by atoms with Crippen LogP contribution in [0.4, 0.5) is 10.1 Å². The van der Waals surface area contributed by atoms with E-state index in [4.69, 9.17) is 11.6 Å². The van der Waals surface area contributed by atoms with Crippen molar-refractivity contribution < 1.29 is 4.39 Å². The van der Waals surface area contributed by atoms with Gasteiger partial charge in [0, 0.05) is 6.20 Å². The Morgan fingerprint density at radius 2 is 2.10 bits per heavy atom. The van der Waals surface area contributed by atoms with Crippen molar-refractivity contribution >= 4 is 34.0 Å². The summed E-state index contributed by atoms with van der Waals surface area (Å²) in [5.74, 6) is 0. The van der Waals surface area contributed by atoms with Gasteiger partial charge in [0.15, 0.2) is 5.65 Å². The van der Waals surface area contributed by atoms with Crippen LogP contribution < -0.4 is 4.90 Å². The predicted octanol–water partition coefficient (Wildman–Crippen LogP) is 3.61. The van der Waals surface area contributed by atoms with Crippen molar-refractivity contribution in [1.29, 1.82) is 0 Å². The third kappa shape index (κ3) is 1.61. The SMILES string of the molecule is Cc1ccc2nc3c(Cl)c(N4CC(F)C4)ccn3c2c1. The fraction of sp³-hybridized carbons (Fsp3) is 0.267. The van der Waals surface area contributed by atoms with Crippen LogP contribution in [-0.2, 0) is 0 Å². The molecule has 3 heterocycles. The molecule has 3 aromatic rings. The molecule has 1 saturated heterocycles. The summed E-state index contributed by atoms with van der Waals surface area (Å²) in [4.78, 5) is 6.53. The van der Waals surface area contributed by atoms with Crippen LogP contribution in [0, 0.1) is 6.92 Å². The second kappa shape index (κ2) is 4.09. The van der Waals surface area contributed by atoms with E-state index in [9.17, 15) is 4.39 Å². The summed E-state index contributed by atoms with van der Waals surface area (Å²) in [6.45, 7) is 2.88. The zero-order valence-electron chi connectivity index (χ0n) is 11.0. The van der Waals surface area contributed by atoms with Gasteiger partial charge in [0.05, 0.1) is 29.8 Å². The second-order valence-electron chi connectivity index (χ2n) is 5.31. The normalized spacial score (nSPS) is 16.1. The highest BCUT2D eigenvalue weighted by atomic mass is 35.5. The molecule has 2 aromatic heterocycles. The molecule has 0 radical (unpaired) electrons. The number of pyridine rings is 1. The molecule has 1 fully saturated rings. The van der Waals surface area contributed by atoms with E-state index >= 15 is 0 Å². The monoisotopic (exact) mass is 289 g/mol. The number of anilines is 1. The number of hydrogen-bond acceptors (Lipinski definition) is 2. The van der Waals surface area contributed by atoms with Gasteiger partial charge >= 0.3 is 0 Å². The van der Waals surface area contributed by atoms with Crippen LogP contribution in [0.1, 0.15) is 5.56 Å². The fourth-order valence-electron chi connectivity index (χ4n) is 2.71. The number of imidazole rings is 1. The minimum Gasteiger partial charge on any atom is -0.364 e. The van der Waals surface area contributed by atoms with Crippen LogP contribution in [0.5, 0.6) is 0 Å². The lowest BCUT2D eigenvalue weighted by Gasteiger charge is -2.36. The molecular formula is C15H13ClFN3. The van der Waals surface area contributed by atoms with Gasteiger partial charge in [-0.3, -0.25) is 4.40 Å². The number of benzene rings is 1. The summed E-state index contributed by atoms with van der Waals surface area (Å²) in [7, 11) is 0. The summed E-state index contributed by atoms with van der Waals surface area (Å²) in [6.07, 6.45) is 1.21. The first kappa shape index (κ1) is 12.0. The van der Waals surface area contributed by atoms with Crippen LogP contribution in [0.2, 0.25) is 5.02 Å². The topological polar surface area (TPSA) is 20.5 Å². The molecule has 0 atom stereocenters. The van der Waals surface area contributed by atoms with Crippen LogP contribution >= 0.6 is 11.6 Å². The average molecular weight is 290 g/mol. The van der Waals surface area contributed by atoms with E-state index in [2.05, 4.69) is 18.0 Å². The first-order valence-electron chi connectivity index (χ1n) is 6.59.